The van der Waals surface area contributed by atoms with Gasteiger partial charge < -0.3 is 5.11 Å². The second-order valence-corrected chi connectivity index (χ2v) is 3.04. The van der Waals surface area contributed by atoms with E-state index in [2.05, 4.69) is 10.1 Å². The van der Waals surface area contributed by atoms with Crippen LogP contribution in [-0.2, 0) is 13.7 Å². The first kappa shape index (κ1) is 8.90. The van der Waals surface area contributed by atoms with Crippen LogP contribution in [0.15, 0.2) is 30.6 Å². The van der Waals surface area contributed by atoms with Crippen LogP contribution in [0, 0.1) is 0 Å². The molecule has 14 heavy (non-hydrogen) atoms. The predicted octanol–water partition coefficient (Wildman–Crippen LogP) is 0.974. The van der Waals surface area contributed by atoms with Crippen molar-refractivity contribution >= 4 is 0 Å². The van der Waals surface area contributed by atoms with Crippen molar-refractivity contribution in [1.82, 2.24) is 14.8 Å². The van der Waals surface area contributed by atoms with Crippen molar-refractivity contribution < 1.29 is 5.11 Å². The van der Waals surface area contributed by atoms with E-state index in [-0.39, 0.29) is 6.61 Å². The molecule has 0 aliphatic heterocycles. The van der Waals surface area contributed by atoms with E-state index in [1.54, 1.807) is 17.1 Å². The molecular weight excluding hydrogens is 178 g/mol. The van der Waals surface area contributed by atoms with E-state index in [4.69, 9.17) is 5.11 Å². The SMILES string of the molecule is Cn1nc(CO)cc1-c1cccnc1. The van der Waals surface area contributed by atoms with Crippen molar-refractivity contribution in [2.75, 3.05) is 0 Å². The maximum Gasteiger partial charge on any atom is 0.0885 e. The highest BCUT2D eigenvalue weighted by atomic mass is 16.3. The summed E-state index contributed by atoms with van der Waals surface area (Å²) < 4.78 is 1.74. The molecule has 2 heterocycles. The van der Waals surface area contributed by atoms with Crippen LogP contribution in [0.25, 0.3) is 11.3 Å². The molecule has 2 aromatic rings. The maximum absolute atomic E-state index is 8.93. The summed E-state index contributed by atoms with van der Waals surface area (Å²) in [6, 6.07) is 5.70. The van der Waals surface area contributed by atoms with Gasteiger partial charge in [0.15, 0.2) is 0 Å². The Hall–Kier alpha value is -1.68. The average Bonchev–Trinajstić information content (AvgIpc) is 2.61. The Kier molecular flexibility index (Phi) is 2.28. The highest BCUT2D eigenvalue weighted by Crippen LogP contribution is 2.18. The molecule has 72 valence electrons. The maximum atomic E-state index is 8.93. The van der Waals surface area contributed by atoms with Gasteiger partial charge in [-0.3, -0.25) is 9.67 Å². The van der Waals surface area contributed by atoms with Gasteiger partial charge in [0.05, 0.1) is 18.0 Å². The minimum Gasteiger partial charge on any atom is -0.390 e. The lowest BCUT2D eigenvalue weighted by molar-refractivity contribution is 0.275. The van der Waals surface area contributed by atoms with Gasteiger partial charge in [0, 0.05) is 25.0 Å². The van der Waals surface area contributed by atoms with Crippen molar-refractivity contribution in [2.45, 2.75) is 6.61 Å². The second kappa shape index (κ2) is 3.59. The van der Waals surface area contributed by atoms with Crippen molar-refractivity contribution in [3.8, 4) is 11.3 Å². The fraction of sp³-hybridized carbons (Fsp3) is 0.200. The molecule has 0 aliphatic rings. The summed E-state index contributed by atoms with van der Waals surface area (Å²) in [6.07, 6.45) is 3.50. The molecule has 0 radical (unpaired) electrons. The van der Waals surface area contributed by atoms with E-state index in [1.165, 1.54) is 0 Å². The molecule has 0 aromatic carbocycles. The molecule has 0 bridgehead atoms. The first-order chi connectivity index (χ1) is 6.81. The van der Waals surface area contributed by atoms with E-state index in [0.29, 0.717) is 5.69 Å². The third-order valence-corrected chi connectivity index (χ3v) is 2.05. The summed E-state index contributed by atoms with van der Waals surface area (Å²) in [5, 5.41) is 13.1. The van der Waals surface area contributed by atoms with Crippen molar-refractivity contribution in [2.24, 2.45) is 7.05 Å². The molecule has 4 nitrogen and oxygen atoms in total. The van der Waals surface area contributed by atoms with Gasteiger partial charge in [-0.1, -0.05) is 0 Å². The van der Waals surface area contributed by atoms with Gasteiger partial charge in [-0.15, -0.1) is 0 Å². The zero-order chi connectivity index (χ0) is 9.97. The Morgan fingerprint density at radius 1 is 1.50 bits per heavy atom. The van der Waals surface area contributed by atoms with Gasteiger partial charge in [-0.05, 0) is 18.2 Å². The van der Waals surface area contributed by atoms with Gasteiger partial charge in [0.1, 0.15) is 0 Å². The quantitative estimate of drug-likeness (QED) is 0.766. The molecule has 0 spiro atoms. The van der Waals surface area contributed by atoms with Crippen LogP contribution in [0.2, 0.25) is 0 Å². The van der Waals surface area contributed by atoms with Gasteiger partial charge in [-0.25, -0.2) is 0 Å². The lowest BCUT2D eigenvalue weighted by Gasteiger charge is -1.99. The topological polar surface area (TPSA) is 50.9 Å². The van der Waals surface area contributed by atoms with Crippen LogP contribution in [0.3, 0.4) is 0 Å². The molecule has 0 atom stereocenters. The summed E-state index contributed by atoms with van der Waals surface area (Å²) in [6.45, 7) is -0.0336. The average molecular weight is 189 g/mol. The zero-order valence-corrected chi connectivity index (χ0v) is 7.88. The van der Waals surface area contributed by atoms with Crippen LogP contribution in [-0.4, -0.2) is 19.9 Å². The van der Waals surface area contributed by atoms with E-state index < -0.39 is 0 Å². The molecule has 0 unspecified atom stereocenters. The Balaban J connectivity index is 2.46. The zero-order valence-electron chi connectivity index (χ0n) is 7.88. The van der Waals surface area contributed by atoms with E-state index >= 15 is 0 Å². The second-order valence-electron chi connectivity index (χ2n) is 3.04. The number of nitrogens with zero attached hydrogens (tertiary/aromatic N) is 3. The minimum atomic E-state index is -0.0336. The van der Waals surface area contributed by atoms with E-state index in [0.717, 1.165) is 11.3 Å². The largest absolute Gasteiger partial charge is 0.390 e. The van der Waals surface area contributed by atoms with Crippen LogP contribution in [0.1, 0.15) is 5.69 Å². The molecule has 0 fully saturated rings. The third-order valence-electron chi connectivity index (χ3n) is 2.05. The molecular formula is C10H11N3O. The number of aliphatic hydroxyl groups excluding tert-OH is 1. The van der Waals surface area contributed by atoms with Crippen molar-refractivity contribution in [3.63, 3.8) is 0 Å². The number of rotatable bonds is 2. The highest BCUT2D eigenvalue weighted by molar-refractivity contribution is 5.58. The van der Waals surface area contributed by atoms with Gasteiger partial charge in [-0.2, -0.15) is 5.10 Å². The highest BCUT2D eigenvalue weighted by Gasteiger charge is 2.05. The summed E-state index contributed by atoms with van der Waals surface area (Å²) in [5.41, 5.74) is 2.63. The standard InChI is InChI=1S/C10H11N3O/c1-13-10(5-9(7-14)12-13)8-3-2-4-11-6-8/h2-6,14H,7H2,1H3. The number of aromatic nitrogens is 3. The van der Waals surface area contributed by atoms with Gasteiger partial charge in [0.2, 0.25) is 0 Å². The van der Waals surface area contributed by atoms with Gasteiger partial charge in [0.25, 0.3) is 0 Å². The van der Waals surface area contributed by atoms with E-state index in [9.17, 15) is 0 Å². The lowest BCUT2D eigenvalue weighted by atomic mass is 10.2. The molecule has 2 aromatic heterocycles. The number of aliphatic hydroxyl groups is 1. The number of hydrogen-bond donors (Lipinski definition) is 1. The van der Waals surface area contributed by atoms with Crippen molar-refractivity contribution in [3.05, 3.63) is 36.3 Å². The van der Waals surface area contributed by atoms with Crippen LogP contribution < -0.4 is 0 Å². The minimum absolute atomic E-state index is 0.0336. The predicted molar refractivity (Wildman–Crippen MR) is 52.4 cm³/mol. The monoisotopic (exact) mass is 189 g/mol. The first-order valence-corrected chi connectivity index (χ1v) is 4.35. The van der Waals surface area contributed by atoms with Crippen LogP contribution in [0.4, 0.5) is 0 Å². The fourth-order valence-electron chi connectivity index (χ4n) is 1.39. The third kappa shape index (κ3) is 1.52. The summed E-state index contributed by atoms with van der Waals surface area (Å²) in [7, 11) is 1.85. The Morgan fingerprint density at radius 3 is 2.93 bits per heavy atom. The van der Waals surface area contributed by atoms with Crippen molar-refractivity contribution in [1.29, 1.82) is 0 Å². The molecule has 0 amide bonds. The molecule has 1 N–H and O–H groups in total. The van der Waals surface area contributed by atoms with E-state index in [1.807, 2.05) is 25.2 Å². The number of pyridine rings is 1. The number of aryl methyl sites for hydroxylation is 1. The Morgan fingerprint density at radius 2 is 2.36 bits per heavy atom. The fourth-order valence-corrected chi connectivity index (χ4v) is 1.39. The first-order valence-electron chi connectivity index (χ1n) is 4.35. The molecule has 0 saturated carbocycles. The molecule has 2 rings (SSSR count). The summed E-state index contributed by atoms with van der Waals surface area (Å²) in [4.78, 5) is 4.03. The lowest BCUT2D eigenvalue weighted by Crippen LogP contribution is -1.94. The number of hydrogen-bond acceptors (Lipinski definition) is 3. The molecule has 4 heteroatoms. The van der Waals surface area contributed by atoms with Gasteiger partial charge >= 0.3 is 0 Å². The molecule has 0 aliphatic carbocycles. The summed E-state index contributed by atoms with van der Waals surface area (Å²) >= 11 is 0. The Bertz CT molecular complexity index is 422. The van der Waals surface area contributed by atoms with Crippen LogP contribution >= 0.6 is 0 Å². The smallest absolute Gasteiger partial charge is 0.0885 e. The summed E-state index contributed by atoms with van der Waals surface area (Å²) in [5.74, 6) is 0. The normalized spacial score (nSPS) is 10.4. The van der Waals surface area contributed by atoms with Crippen LogP contribution in [0.5, 0.6) is 0 Å². The molecule has 0 saturated heterocycles. The Labute approximate surface area is 81.8 Å².